The number of thioether (sulfide) groups is 1. The lowest BCUT2D eigenvalue weighted by Gasteiger charge is -2.18. The lowest BCUT2D eigenvalue weighted by molar-refractivity contribution is -0.148. The zero-order valence-electron chi connectivity index (χ0n) is 18.8. The number of esters is 1. The van der Waals surface area contributed by atoms with Crippen molar-refractivity contribution in [2.45, 2.75) is 13.0 Å². The van der Waals surface area contributed by atoms with E-state index in [1.165, 1.54) is 51.5 Å². The lowest BCUT2D eigenvalue weighted by atomic mass is 10.1. The van der Waals surface area contributed by atoms with E-state index in [4.69, 9.17) is 9.47 Å². The Hall–Kier alpha value is -3.38. The topological polar surface area (TPSA) is 111 Å². The number of methoxy groups -OCH3 is 2. The number of nitrogens with zero attached hydrogens (tertiary/aromatic N) is 1. The second-order valence-corrected chi connectivity index (χ2v) is 8.97. The summed E-state index contributed by atoms with van der Waals surface area (Å²) in [5.41, 5.74) is 0.917. The van der Waals surface area contributed by atoms with Gasteiger partial charge in [-0.2, -0.15) is 0 Å². The Morgan fingerprint density at radius 2 is 1.86 bits per heavy atom. The van der Waals surface area contributed by atoms with Crippen LogP contribution in [0.25, 0.3) is 6.08 Å². The van der Waals surface area contributed by atoms with Crippen LogP contribution in [0.4, 0.5) is 14.9 Å². The minimum Gasteiger partial charge on any atom is -0.493 e. The summed E-state index contributed by atoms with van der Waals surface area (Å²) in [6.45, 7) is 1.06. The van der Waals surface area contributed by atoms with Crippen LogP contribution in [0, 0.1) is 5.82 Å². The van der Waals surface area contributed by atoms with E-state index in [0.29, 0.717) is 27.5 Å². The number of carbonyl (C=O) groups excluding carboxylic acids is 4. The van der Waals surface area contributed by atoms with Gasteiger partial charge >= 0.3 is 5.97 Å². The summed E-state index contributed by atoms with van der Waals surface area (Å²) in [6, 6.07) is 7.35. The van der Waals surface area contributed by atoms with Crippen molar-refractivity contribution in [1.29, 1.82) is 0 Å². The number of halogens is 2. The Bertz CT molecular complexity index is 1200. The maximum atomic E-state index is 13.0. The fraction of sp³-hybridized carbons (Fsp3) is 0.217. The number of rotatable bonds is 8. The summed E-state index contributed by atoms with van der Waals surface area (Å²) < 4.78 is 29.0. The monoisotopic (exact) mass is 566 g/mol. The van der Waals surface area contributed by atoms with Crippen LogP contribution in [0.3, 0.4) is 0 Å². The Labute approximate surface area is 212 Å². The predicted molar refractivity (Wildman–Crippen MR) is 131 cm³/mol. The molecule has 35 heavy (non-hydrogen) atoms. The van der Waals surface area contributed by atoms with Gasteiger partial charge in [-0.1, -0.05) is 15.9 Å². The highest BCUT2D eigenvalue weighted by atomic mass is 79.9. The number of hydrogen-bond acceptors (Lipinski definition) is 8. The number of hydrogen-bond donors (Lipinski definition) is 1. The molecule has 1 saturated heterocycles. The average molecular weight is 567 g/mol. The van der Waals surface area contributed by atoms with Crippen molar-refractivity contribution in [1.82, 2.24) is 4.90 Å². The van der Waals surface area contributed by atoms with Crippen molar-refractivity contribution in [3.8, 4) is 11.5 Å². The number of benzene rings is 2. The number of nitrogens with one attached hydrogen (secondary N) is 1. The van der Waals surface area contributed by atoms with Crippen molar-refractivity contribution in [3.63, 3.8) is 0 Å². The first-order valence-electron chi connectivity index (χ1n) is 10.0. The van der Waals surface area contributed by atoms with E-state index >= 15 is 0 Å². The molecule has 1 aliphatic rings. The van der Waals surface area contributed by atoms with Crippen LogP contribution in [0.2, 0.25) is 0 Å². The predicted octanol–water partition coefficient (Wildman–Crippen LogP) is 4.21. The highest BCUT2D eigenvalue weighted by molar-refractivity contribution is 9.10. The maximum Gasteiger partial charge on any atom is 0.328 e. The van der Waals surface area contributed by atoms with Gasteiger partial charge in [-0.15, -0.1) is 0 Å². The molecule has 1 aliphatic heterocycles. The number of amides is 3. The standard InChI is InChI=1S/C23H20BrFN2O7S/c1-12(22(30)33-3)27-21(29)19(35-23(27)31)9-13-8-17(32-2)18(10-16(13)24)34-11-20(28)26-15-6-4-14(25)5-7-15/h4-10,12H,11H2,1-3H3,(H,26,28)/b19-9+/t12-/m1/s1. The van der Waals surface area contributed by atoms with Gasteiger partial charge in [0.15, 0.2) is 18.1 Å². The molecule has 0 aromatic heterocycles. The molecule has 0 aliphatic carbocycles. The Morgan fingerprint density at radius 1 is 1.17 bits per heavy atom. The summed E-state index contributed by atoms with van der Waals surface area (Å²) in [4.78, 5) is 49.9. The lowest BCUT2D eigenvalue weighted by Crippen LogP contribution is -2.42. The van der Waals surface area contributed by atoms with E-state index < -0.39 is 34.9 Å². The Balaban J connectivity index is 1.75. The second-order valence-electron chi connectivity index (χ2n) is 7.12. The minimum atomic E-state index is -1.06. The molecule has 0 spiro atoms. The largest absolute Gasteiger partial charge is 0.493 e. The van der Waals surface area contributed by atoms with Gasteiger partial charge < -0.3 is 19.5 Å². The van der Waals surface area contributed by atoms with Gasteiger partial charge in [0.1, 0.15) is 11.9 Å². The minimum absolute atomic E-state index is 0.112. The van der Waals surface area contributed by atoms with Crippen molar-refractivity contribution in [3.05, 3.63) is 57.2 Å². The van der Waals surface area contributed by atoms with Crippen LogP contribution in [-0.2, 0) is 19.1 Å². The molecule has 1 heterocycles. The van der Waals surface area contributed by atoms with Crippen LogP contribution in [-0.4, -0.2) is 54.8 Å². The van der Waals surface area contributed by atoms with E-state index in [0.717, 1.165) is 4.90 Å². The van der Waals surface area contributed by atoms with Gasteiger partial charge in [0, 0.05) is 10.2 Å². The maximum absolute atomic E-state index is 13.0. The number of anilines is 1. The highest BCUT2D eigenvalue weighted by Crippen LogP contribution is 2.38. The third kappa shape index (κ3) is 6.20. The van der Waals surface area contributed by atoms with E-state index in [1.54, 1.807) is 12.1 Å². The molecule has 0 radical (unpaired) electrons. The van der Waals surface area contributed by atoms with Gasteiger partial charge in [-0.3, -0.25) is 19.3 Å². The highest BCUT2D eigenvalue weighted by Gasteiger charge is 2.41. The smallest absolute Gasteiger partial charge is 0.328 e. The second kappa shape index (κ2) is 11.4. The molecule has 0 bridgehead atoms. The molecule has 1 fully saturated rings. The Kier molecular flexibility index (Phi) is 8.52. The van der Waals surface area contributed by atoms with E-state index in [2.05, 4.69) is 26.0 Å². The molecule has 2 aromatic rings. The number of carbonyl (C=O) groups is 4. The van der Waals surface area contributed by atoms with Crippen LogP contribution in [0.15, 0.2) is 45.8 Å². The molecule has 3 rings (SSSR count). The van der Waals surface area contributed by atoms with Crippen LogP contribution in [0.5, 0.6) is 11.5 Å². The third-order valence-corrected chi connectivity index (χ3v) is 6.38. The Morgan fingerprint density at radius 3 is 2.49 bits per heavy atom. The van der Waals surface area contributed by atoms with Crippen molar-refractivity contribution < 1.29 is 37.8 Å². The fourth-order valence-electron chi connectivity index (χ4n) is 3.04. The summed E-state index contributed by atoms with van der Waals surface area (Å²) in [6.07, 6.45) is 1.48. The quantitative estimate of drug-likeness (QED) is 0.373. The third-order valence-electron chi connectivity index (χ3n) is 4.81. The molecule has 9 nitrogen and oxygen atoms in total. The van der Waals surface area contributed by atoms with Crippen molar-refractivity contribution in [2.24, 2.45) is 0 Å². The first-order chi connectivity index (χ1) is 16.6. The average Bonchev–Trinajstić information content (AvgIpc) is 3.11. The molecule has 0 saturated carbocycles. The molecule has 2 aromatic carbocycles. The van der Waals surface area contributed by atoms with Crippen LogP contribution in [0.1, 0.15) is 12.5 Å². The fourth-order valence-corrected chi connectivity index (χ4v) is 4.37. The molecular weight excluding hydrogens is 547 g/mol. The van der Waals surface area contributed by atoms with Gasteiger partial charge in [-0.05, 0) is 66.7 Å². The molecule has 12 heteroatoms. The summed E-state index contributed by atoms with van der Waals surface area (Å²) in [5, 5.41) is 1.99. The molecule has 184 valence electrons. The van der Waals surface area contributed by atoms with Crippen molar-refractivity contribution in [2.75, 3.05) is 26.1 Å². The molecule has 3 amide bonds. The SMILES string of the molecule is COC(=O)[C@@H](C)N1C(=O)S/C(=C/c2cc(OC)c(OCC(=O)Nc3ccc(F)cc3)cc2Br)C1=O. The molecule has 0 unspecified atom stereocenters. The molecular formula is C23H20BrFN2O7S. The van der Waals surface area contributed by atoms with Gasteiger partial charge in [0.2, 0.25) is 0 Å². The van der Waals surface area contributed by atoms with Crippen LogP contribution < -0.4 is 14.8 Å². The summed E-state index contributed by atoms with van der Waals surface area (Å²) in [7, 11) is 2.58. The first-order valence-corrected chi connectivity index (χ1v) is 11.7. The van der Waals surface area contributed by atoms with Gasteiger partial charge in [0.05, 0.1) is 19.1 Å². The summed E-state index contributed by atoms with van der Waals surface area (Å²) in [5.74, 6) is -1.69. The number of ether oxygens (including phenoxy) is 3. The van der Waals surface area contributed by atoms with Gasteiger partial charge in [-0.25, -0.2) is 9.18 Å². The molecule has 1 atom stereocenters. The number of imide groups is 1. The van der Waals surface area contributed by atoms with Crippen molar-refractivity contribution >= 4 is 62.5 Å². The molecule has 1 N–H and O–H groups in total. The van der Waals surface area contributed by atoms with E-state index in [9.17, 15) is 23.6 Å². The first kappa shape index (κ1) is 26.2. The van der Waals surface area contributed by atoms with E-state index in [1.807, 2.05) is 0 Å². The zero-order chi connectivity index (χ0) is 25.7. The summed E-state index contributed by atoms with van der Waals surface area (Å²) >= 11 is 4.09. The van der Waals surface area contributed by atoms with Crippen LogP contribution >= 0.6 is 27.7 Å². The van der Waals surface area contributed by atoms with Gasteiger partial charge in [0.25, 0.3) is 17.1 Å². The van der Waals surface area contributed by atoms with E-state index in [-0.39, 0.29) is 23.0 Å². The normalized spacial score (nSPS) is 15.2. The zero-order valence-corrected chi connectivity index (χ0v) is 21.2.